The molecule has 1 saturated heterocycles. The van der Waals surface area contributed by atoms with Gasteiger partial charge < -0.3 is 18.9 Å². The summed E-state index contributed by atoms with van der Waals surface area (Å²) in [6.45, 7) is 1.79. The van der Waals surface area contributed by atoms with Crippen molar-refractivity contribution in [2.75, 3.05) is 20.2 Å². The van der Waals surface area contributed by atoms with Gasteiger partial charge in [0.05, 0.1) is 7.11 Å². The third-order valence-electron chi connectivity index (χ3n) is 4.62. The van der Waals surface area contributed by atoms with E-state index in [-0.39, 0.29) is 17.6 Å². The van der Waals surface area contributed by atoms with Crippen molar-refractivity contribution in [3.05, 3.63) is 59.0 Å². The summed E-state index contributed by atoms with van der Waals surface area (Å²) in [7, 11) is 1.64. The molecule has 0 bridgehead atoms. The fraction of sp³-hybridized carbons (Fsp3) is 0.400. The number of amides is 1. The van der Waals surface area contributed by atoms with E-state index in [9.17, 15) is 9.59 Å². The molecule has 26 heavy (non-hydrogen) atoms. The number of carbonyl (C=O) groups is 1. The molecule has 2 aromatic rings. The summed E-state index contributed by atoms with van der Waals surface area (Å²) in [4.78, 5) is 25.9. The van der Waals surface area contributed by atoms with Gasteiger partial charge in [-0.3, -0.25) is 9.59 Å². The van der Waals surface area contributed by atoms with E-state index in [0.717, 1.165) is 24.3 Å². The molecule has 6 heteroatoms. The Balaban J connectivity index is 1.44. The maximum atomic E-state index is 12.4. The molecule has 1 aromatic heterocycles. The van der Waals surface area contributed by atoms with E-state index in [1.807, 2.05) is 29.2 Å². The summed E-state index contributed by atoms with van der Waals surface area (Å²) in [5.74, 6) is 1.71. The highest BCUT2D eigenvalue weighted by Crippen LogP contribution is 2.22. The van der Waals surface area contributed by atoms with Gasteiger partial charge in [0.25, 0.3) is 5.56 Å². The Morgan fingerprint density at radius 2 is 1.77 bits per heavy atom. The quantitative estimate of drug-likeness (QED) is 0.797. The standard InChI is InChI=1S/C20H24N2O4/c1-25-16-5-7-17(8-6-16)26-18-9-13-22(14-10-18)20(24)11-15-21-12-3-2-4-19(21)23/h2-8,12,18H,9-11,13-15H2,1H3. The minimum Gasteiger partial charge on any atom is -0.497 e. The van der Waals surface area contributed by atoms with Crippen molar-refractivity contribution in [1.29, 1.82) is 0 Å². The van der Waals surface area contributed by atoms with Crippen molar-refractivity contribution in [1.82, 2.24) is 9.47 Å². The summed E-state index contributed by atoms with van der Waals surface area (Å²) in [6.07, 6.45) is 3.79. The van der Waals surface area contributed by atoms with Gasteiger partial charge in [-0.2, -0.15) is 0 Å². The fourth-order valence-electron chi connectivity index (χ4n) is 3.09. The van der Waals surface area contributed by atoms with Crippen LogP contribution in [-0.4, -0.2) is 41.7 Å². The lowest BCUT2D eigenvalue weighted by Gasteiger charge is -2.32. The number of benzene rings is 1. The highest BCUT2D eigenvalue weighted by molar-refractivity contribution is 5.76. The van der Waals surface area contributed by atoms with Crippen molar-refractivity contribution in [3.8, 4) is 11.5 Å². The van der Waals surface area contributed by atoms with E-state index in [1.165, 1.54) is 6.07 Å². The number of carbonyl (C=O) groups excluding carboxylic acids is 1. The maximum absolute atomic E-state index is 12.4. The van der Waals surface area contributed by atoms with Crippen LogP contribution < -0.4 is 15.0 Å². The Labute approximate surface area is 153 Å². The molecular weight excluding hydrogens is 332 g/mol. The van der Waals surface area contributed by atoms with Gasteiger partial charge in [0, 0.05) is 51.2 Å². The first-order valence-corrected chi connectivity index (χ1v) is 8.89. The summed E-state index contributed by atoms with van der Waals surface area (Å²) >= 11 is 0. The summed E-state index contributed by atoms with van der Waals surface area (Å²) in [5, 5.41) is 0. The van der Waals surface area contributed by atoms with Gasteiger partial charge in [0.1, 0.15) is 17.6 Å². The number of piperidine rings is 1. The molecule has 1 aliphatic rings. The number of aryl methyl sites for hydroxylation is 1. The van der Waals surface area contributed by atoms with Crippen molar-refractivity contribution in [3.63, 3.8) is 0 Å². The van der Waals surface area contributed by atoms with Crippen LogP contribution in [-0.2, 0) is 11.3 Å². The van der Waals surface area contributed by atoms with Gasteiger partial charge >= 0.3 is 0 Å². The number of rotatable bonds is 6. The zero-order valence-electron chi connectivity index (χ0n) is 15.0. The van der Waals surface area contributed by atoms with Gasteiger partial charge in [0.15, 0.2) is 0 Å². The van der Waals surface area contributed by atoms with Crippen LogP contribution in [0.25, 0.3) is 0 Å². The molecule has 0 saturated carbocycles. The highest BCUT2D eigenvalue weighted by atomic mass is 16.5. The van der Waals surface area contributed by atoms with Crippen LogP contribution in [0.5, 0.6) is 11.5 Å². The Hall–Kier alpha value is -2.76. The van der Waals surface area contributed by atoms with E-state index in [2.05, 4.69) is 0 Å². The zero-order valence-corrected chi connectivity index (χ0v) is 15.0. The first-order valence-electron chi connectivity index (χ1n) is 8.89. The molecule has 1 fully saturated rings. The van der Waals surface area contributed by atoms with Gasteiger partial charge in [0.2, 0.25) is 5.91 Å². The van der Waals surface area contributed by atoms with Crippen LogP contribution in [0.1, 0.15) is 19.3 Å². The Bertz CT molecular complexity index is 777. The second-order valence-corrected chi connectivity index (χ2v) is 6.36. The number of hydrogen-bond donors (Lipinski definition) is 0. The Morgan fingerprint density at radius 3 is 2.42 bits per heavy atom. The minimum absolute atomic E-state index is 0.0769. The smallest absolute Gasteiger partial charge is 0.250 e. The molecule has 0 aliphatic carbocycles. The Morgan fingerprint density at radius 1 is 1.08 bits per heavy atom. The van der Waals surface area contributed by atoms with Crippen LogP contribution in [0.3, 0.4) is 0 Å². The minimum atomic E-state index is -0.0769. The van der Waals surface area contributed by atoms with Crippen LogP contribution in [0.2, 0.25) is 0 Å². The van der Waals surface area contributed by atoms with E-state index in [4.69, 9.17) is 9.47 Å². The molecule has 2 heterocycles. The van der Waals surface area contributed by atoms with E-state index >= 15 is 0 Å². The lowest BCUT2D eigenvalue weighted by Crippen LogP contribution is -2.42. The third kappa shape index (κ3) is 4.65. The fourth-order valence-corrected chi connectivity index (χ4v) is 3.09. The number of likely N-dealkylation sites (tertiary alicyclic amines) is 1. The van der Waals surface area contributed by atoms with Crippen molar-refractivity contribution in [2.45, 2.75) is 31.9 Å². The monoisotopic (exact) mass is 356 g/mol. The largest absolute Gasteiger partial charge is 0.497 e. The predicted molar refractivity (Wildman–Crippen MR) is 98.5 cm³/mol. The second kappa shape index (κ2) is 8.56. The number of nitrogens with zero attached hydrogens (tertiary/aromatic N) is 2. The van der Waals surface area contributed by atoms with Crippen molar-refractivity contribution >= 4 is 5.91 Å². The first kappa shape index (κ1) is 18.0. The zero-order chi connectivity index (χ0) is 18.4. The topological polar surface area (TPSA) is 60.8 Å². The molecule has 138 valence electrons. The van der Waals surface area contributed by atoms with E-state index in [0.29, 0.717) is 26.1 Å². The molecule has 0 atom stereocenters. The molecule has 6 nitrogen and oxygen atoms in total. The molecule has 0 radical (unpaired) electrons. The van der Waals surface area contributed by atoms with Crippen LogP contribution in [0.15, 0.2) is 53.5 Å². The van der Waals surface area contributed by atoms with Gasteiger partial charge in [-0.05, 0) is 30.3 Å². The highest BCUT2D eigenvalue weighted by Gasteiger charge is 2.23. The lowest BCUT2D eigenvalue weighted by atomic mass is 10.1. The normalized spacial score (nSPS) is 14.9. The molecule has 0 unspecified atom stereocenters. The molecule has 0 N–H and O–H groups in total. The number of pyridine rings is 1. The number of ether oxygens (including phenoxy) is 2. The molecular formula is C20H24N2O4. The third-order valence-corrected chi connectivity index (χ3v) is 4.62. The summed E-state index contributed by atoms with van der Waals surface area (Å²) in [5.41, 5.74) is -0.0769. The Kier molecular flexibility index (Phi) is 5.94. The van der Waals surface area contributed by atoms with Crippen LogP contribution in [0, 0.1) is 0 Å². The average molecular weight is 356 g/mol. The van der Waals surface area contributed by atoms with Gasteiger partial charge in [-0.1, -0.05) is 6.07 Å². The summed E-state index contributed by atoms with van der Waals surface area (Å²) in [6, 6.07) is 12.6. The predicted octanol–water partition coefficient (Wildman–Crippen LogP) is 2.32. The van der Waals surface area contributed by atoms with Crippen molar-refractivity contribution < 1.29 is 14.3 Å². The molecule has 1 aliphatic heterocycles. The number of methoxy groups -OCH3 is 1. The number of aromatic nitrogens is 1. The average Bonchev–Trinajstić information content (AvgIpc) is 2.68. The van der Waals surface area contributed by atoms with E-state index in [1.54, 1.807) is 30.0 Å². The second-order valence-electron chi connectivity index (χ2n) is 6.36. The molecule has 3 rings (SSSR count). The van der Waals surface area contributed by atoms with E-state index < -0.39 is 0 Å². The maximum Gasteiger partial charge on any atom is 0.250 e. The molecule has 1 amide bonds. The number of hydrogen-bond acceptors (Lipinski definition) is 4. The lowest BCUT2D eigenvalue weighted by molar-refractivity contribution is -0.133. The molecule has 1 aromatic carbocycles. The van der Waals surface area contributed by atoms with Crippen molar-refractivity contribution in [2.24, 2.45) is 0 Å². The molecule has 0 spiro atoms. The van der Waals surface area contributed by atoms with Gasteiger partial charge in [-0.15, -0.1) is 0 Å². The van der Waals surface area contributed by atoms with Crippen LogP contribution >= 0.6 is 0 Å². The van der Waals surface area contributed by atoms with Crippen LogP contribution in [0.4, 0.5) is 0 Å². The van der Waals surface area contributed by atoms with Gasteiger partial charge in [-0.25, -0.2) is 0 Å². The first-order chi connectivity index (χ1) is 12.7. The SMILES string of the molecule is COc1ccc(OC2CCN(C(=O)CCn3ccccc3=O)CC2)cc1. The summed E-state index contributed by atoms with van der Waals surface area (Å²) < 4.78 is 12.7.